The van der Waals surface area contributed by atoms with Gasteiger partial charge in [0.2, 0.25) is 5.91 Å². The van der Waals surface area contributed by atoms with Gasteiger partial charge in [-0.05, 0) is 48.9 Å². The smallest absolute Gasteiger partial charge is 0.225 e. The van der Waals surface area contributed by atoms with E-state index in [2.05, 4.69) is 36.5 Å². The van der Waals surface area contributed by atoms with Gasteiger partial charge in [0, 0.05) is 30.0 Å². The number of hydrogen-bond acceptors (Lipinski definition) is 4. The minimum absolute atomic E-state index is 0.0496. The number of allylic oxidation sites excluding steroid dienone is 2. The first-order valence-electron chi connectivity index (χ1n) is 10.9. The lowest BCUT2D eigenvalue weighted by Crippen LogP contribution is -2.38. The molecule has 162 valence electrons. The molecule has 5 heteroatoms. The maximum Gasteiger partial charge on any atom is 0.225 e. The minimum Gasteiger partial charge on any atom is -0.493 e. The zero-order valence-corrected chi connectivity index (χ0v) is 18.4. The molecule has 1 N–H and O–H groups in total. The molecular weight excluding hydrogens is 390 g/mol. The van der Waals surface area contributed by atoms with Gasteiger partial charge in [-0.15, -0.1) is 0 Å². The molecule has 0 bridgehead atoms. The van der Waals surface area contributed by atoms with E-state index in [-0.39, 0.29) is 29.9 Å². The first-order valence-corrected chi connectivity index (χ1v) is 10.9. The van der Waals surface area contributed by atoms with E-state index in [1.165, 1.54) is 5.56 Å². The molecule has 1 amide bonds. The maximum atomic E-state index is 13.3. The number of benzene rings is 2. The molecule has 2 unspecified atom stereocenters. The number of carbonyl (C=O) groups is 2. The Bertz CT molecular complexity index is 1020. The fourth-order valence-electron chi connectivity index (χ4n) is 4.55. The van der Waals surface area contributed by atoms with Crippen LogP contribution in [0.15, 0.2) is 53.7 Å². The fraction of sp³-hybridized carbons (Fsp3) is 0.385. The van der Waals surface area contributed by atoms with E-state index in [9.17, 15) is 9.59 Å². The fourth-order valence-corrected chi connectivity index (χ4v) is 4.55. The molecule has 0 spiro atoms. The topological polar surface area (TPSA) is 64.6 Å². The molecule has 1 aliphatic heterocycles. The van der Waals surface area contributed by atoms with E-state index >= 15 is 0 Å². The summed E-state index contributed by atoms with van der Waals surface area (Å²) in [5.74, 6) is 1.19. The molecule has 31 heavy (non-hydrogen) atoms. The SMILES string of the molecule is CCCOc1ccc(C2CC(=O)NC3=C2C(=O)CC(c2ccc(C)cc2)C3)cc1OC. The summed E-state index contributed by atoms with van der Waals surface area (Å²) < 4.78 is 11.3. The van der Waals surface area contributed by atoms with Gasteiger partial charge in [-0.25, -0.2) is 0 Å². The number of ketones is 1. The number of rotatable bonds is 6. The molecule has 0 aromatic heterocycles. The van der Waals surface area contributed by atoms with Gasteiger partial charge in [0.1, 0.15) is 0 Å². The molecule has 2 atom stereocenters. The van der Waals surface area contributed by atoms with E-state index < -0.39 is 0 Å². The van der Waals surface area contributed by atoms with Crippen molar-refractivity contribution in [2.24, 2.45) is 0 Å². The number of Topliss-reactive ketones (excluding diaryl/α,β-unsaturated/α-hetero) is 1. The number of amides is 1. The van der Waals surface area contributed by atoms with Crippen LogP contribution in [0.3, 0.4) is 0 Å². The van der Waals surface area contributed by atoms with Crippen molar-refractivity contribution in [3.63, 3.8) is 0 Å². The molecule has 5 nitrogen and oxygen atoms in total. The average Bonchev–Trinajstić information content (AvgIpc) is 2.77. The van der Waals surface area contributed by atoms with Crippen molar-refractivity contribution in [1.29, 1.82) is 0 Å². The predicted octanol–water partition coefficient (Wildman–Crippen LogP) is 4.80. The largest absolute Gasteiger partial charge is 0.493 e. The van der Waals surface area contributed by atoms with E-state index in [0.717, 1.165) is 28.8 Å². The van der Waals surface area contributed by atoms with Crippen molar-refractivity contribution in [2.45, 2.75) is 51.4 Å². The second-order valence-corrected chi connectivity index (χ2v) is 8.39. The summed E-state index contributed by atoms with van der Waals surface area (Å²) in [5.41, 5.74) is 4.75. The van der Waals surface area contributed by atoms with Crippen LogP contribution in [0, 0.1) is 6.92 Å². The highest BCUT2D eigenvalue weighted by atomic mass is 16.5. The molecule has 2 aliphatic rings. The van der Waals surface area contributed by atoms with Gasteiger partial charge in [0.25, 0.3) is 0 Å². The van der Waals surface area contributed by atoms with Crippen LogP contribution in [0.4, 0.5) is 0 Å². The second-order valence-electron chi connectivity index (χ2n) is 8.39. The lowest BCUT2D eigenvalue weighted by Gasteiger charge is -2.34. The third kappa shape index (κ3) is 4.36. The maximum absolute atomic E-state index is 13.3. The average molecular weight is 420 g/mol. The Kier molecular flexibility index (Phi) is 6.12. The minimum atomic E-state index is -0.260. The second kappa shape index (κ2) is 8.96. The number of nitrogens with one attached hydrogen (secondary N) is 1. The third-order valence-electron chi connectivity index (χ3n) is 6.14. The summed E-state index contributed by atoms with van der Waals surface area (Å²) in [6, 6.07) is 14.0. The van der Waals surface area contributed by atoms with Crippen LogP contribution in [0.2, 0.25) is 0 Å². The molecule has 0 radical (unpaired) electrons. The van der Waals surface area contributed by atoms with E-state index in [1.54, 1.807) is 7.11 Å². The van der Waals surface area contributed by atoms with Crippen LogP contribution < -0.4 is 14.8 Å². The van der Waals surface area contributed by atoms with Crippen LogP contribution in [-0.2, 0) is 9.59 Å². The van der Waals surface area contributed by atoms with Gasteiger partial charge in [0.15, 0.2) is 17.3 Å². The van der Waals surface area contributed by atoms with Gasteiger partial charge in [-0.3, -0.25) is 9.59 Å². The lowest BCUT2D eigenvalue weighted by atomic mass is 9.73. The number of aryl methyl sites for hydroxylation is 1. The summed E-state index contributed by atoms with van der Waals surface area (Å²) in [5, 5.41) is 2.99. The molecule has 1 heterocycles. The molecular formula is C26H29NO4. The Morgan fingerprint density at radius 1 is 0.968 bits per heavy atom. The third-order valence-corrected chi connectivity index (χ3v) is 6.14. The van der Waals surface area contributed by atoms with Crippen molar-refractivity contribution >= 4 is 11.7 Å². The van der Waals surface area contributed by atoms with Crippen molar-refractivity contribution in [1.82, 2.24) is 5.32 Å². The predicted molar refractivity (Wildman–Crippen MR) is 119 cm³/mol. The molecule has 0 saturated heterocycles. The molecule has 2 aromatic rings. The van der Waals surface area contributed by atoms with Crippen LogP contribution in [0.5, 0.6) is 11.5 Å². The monoisotopic (exact) mass is 419 g/mol. The first kappa shape index (κ1) is 21.2. The highest BCUT2D eigenvalue weighted by Crippen LogP contribution is 2.44. The van der Waals surface area contributed by atoms with E-state index in [4.69, 9.17) is 9.47 Å². The number of hydrogen-bond donors (Lipinski definition) is 1. The van der Waals surface area contributed by atoms with Crippen molar-refractivity contribution in [2.75, 3.05) is 13.7 Å². The molecule has 4 rings (SSSR count). The van der Waals surface area contributed by atoms with Crippen molar-refractivity contribution < 1.29 is 19.1 Å². The number of carbonyl (C=O) groups excluding carboxylic acids is 2. The highest BCUT2D eigenvalue weighted by molar-refractivity contribution is 6.02. The summed E-state index contributed by atoms with van der Waals surface area (Å²) in [6.07, 6.45) is 2.29. The van der Waals surface area contributed by atoms with Gasteiger partial charge in [-0.2, -0.15) is 0 Å². The lowest BCUT2D eigenvalue weighted by molar-refractivity contribution is -0.122. The Hall–Kier alpha value is -3.08. The van der Waals surface area contributed by atoms with E-state index in [1.807, 2.05) is 25.1 Å². The van der Waals surface area contributed by atoms with Gasteiger partial charge in [0.05, 0.1) is 13.7 Å². The Morgan fingerprint density at radius 2 is 1.71 bits per heavy atom. The van der Waals surface area contributed by atoms with Gasteiger partial charge < -0.3 is 14.8 Å². The molecule has 1 aliphatic carbocycles. The standard InChI is InChI=1S/C26H29NO4/c1-4-11-31-23-10-9-18(14-24(23)30-3)20-15-25(29)27-21-12-19(13-22(28)26(20)21)17-7-5-16(2)6-8-17/h5-10,14,19-20H,4,11-13,15H2,1-3H3,(H,27,29). The molecule has 0 fully saturated rings. The normalized spacial score (nSPS) is 20.9. The summed E-state index contributed by atoms with van der Waals surface area (Å²) in [4.78, 5) is 25.8. The zero-order chi connectivity index (χ0) is 22.0. The molecule has 0 saturated carbocycles. The van der Waals surface area contributed by atoms with Crippen molar-refractivity contribution in [3.05, 3.63) is 70.4 Å². The van der Waals surface area contributed by atoms with Gasteiger partial charge >= 0.3 is 0 Å². The zero-order valence-electron chi connectivity index (χ0n) is 18.4. The summed E-state index contributed by atoms with van der Waals surface area (Å²) >= 11 is 0. The molecule has 2 aromatic carbocycles. The van der Waals surface area contributed by atoms with Gasteiger partial charge in [-0.1, -0.05) is 42.8 Å². The Balaban J connectivity index is 1.66. The van der Waals surface area contributed by atoms with Crippen LogP contribution in [-0.4, -0.2) is 25.4 Å². The summed E-state index contributed by atoms with van der Waals surface area (Å²) in [6.45, 7) is 4.71. The number of ether oxygens (including phenoxy) is 2. The van der Waals surface area contributed by atoms with Crippen molar-refractivity contribution in [3.8, 4) is 11.5 Å². The van der Waals surface area contributed by atoms with Crippen LogP contribution >= 0.6 is 0 Å². The Labute approximate surface area is 183 Å². The van der Waals surface area contributed by atoms with Crippen LogP contribution in [0.1, 0.15) is 61.1 Å². The Morgan fingerprint density at radius 3 is 2.42 bits per heavy atom. The van der Waals surface area contributed by atoms with E-state index in [0.29, 0.717) is 30.9 Å². The van der Waals surface area contributed by atoms with Crippen LogP contribution in [0.25, 0.3) is 0 Å². The number of methoxy groups -OCH3 is 1. The highest BCUT2D eigenvalue weighted by Gasteiger charge is 2.38. The summed E-state index contributed by atoms with van der Waals surface area (Å²) in [7, 11) is 1.61. The first-order chi connectivity index (χ1) is 15.0. The quantitative estimate of drug-likeness (QED) is 0.731.